The van der Waals surface area contributed by atoms with Crippen molar-refractivity contribution >= 4 is 22.1 Å². The summed E-state index contributed by atoms with van der Waals surface area (Å²) < 4.78 is 47.0. The molecular weight excluding hydrogens is 516 g/mol. The van der Waals surface area contributed by atoms with Crippen LogP contribution in [0.2, 0.25) is 0 Å². The third-order valence-electron chi connectivity index (χ3n) is 5.75. The van der Waals surface area contributed by atoms with E-state index in [1.165, 1.54) is 18.3 Å². The molecule has 0 spiro atoms. The summed E-state index contributed by atoms with van der Waals surface area (Å²) in [5.41, 5.74) is 1.11. The molecule has 0 amide bonds. The van der Waals surface area contributed by atoms with Crippen molar-refractivity contribution < 1.29 is 46.5 Å². The summed E-state index contributed by atoms with van der Waals surface area (Å²) in [7, 11) is -4.59. The van der Waals surface area contributed by atoms with Crippen molar-refractivity contribution in [2.75, 3.05) is 6.61 Å². The maximum atomic E-state index is 12.0. The zero-order valence-corrected chi connectivity index (χ0v) is 21.6. The number of carboxylic acids is 2. The highest BCUT2D eigenvalue weighted by Gasteiger charge is 2.20. The number of hydrogen-bond acceptors (Lipinski definition) is 7. The monoisotopic (exact) mass is 547 g/mol. The zero-order chi connectivity index (χ0) is 27.5. The number of aliphatic carboxylic acids is 2. The fourth-order valence-electron chi connectivity index (χ4n) is 3.76. The third-order valence-corrected chi connectivity index (χ3v) is 6.62. The van der Waals surface area contributed by atoms with Crippen LogP contribution in [0.5, 0.6) is 5.75 Å². The fraction of sp³-hybridized carbons (Fsp3) is 0.385. The molecule has 1 aromatic carbocycles. The van der Waals surface area contributed by atoms with Gasteiger partial charge in [0.05, 0.1) is 12.8 Å². The summed E-state index contributed by atoms with van der Waals surface area (Å²) in [4.78, 5) is 25.0. The van der Waals surface area contributed by atoms with E-state index >= 15 is 0 Å². The Morgan fingerprint density at radius 3 is 2.18 bits per heavy atom. The summed E-state index contributed by atoms with van der Waals surface area (Å²) in [5, 5.41) is 17.4. The number of unbranched alkanes of at least 4 members (excludes halogenated alkanes) is 4. The van der Waals surface area contributed by atoms with Crippen LogP contribution in [0.1, 0.15) is 51.4 Å². The first-order valence-electron chi connectivity index (χ1n) is 12.3. The van der Waals surface area contributed by atoms with Crippen molar-refractivity contribution in [2.24, 2.45) is 0 Å². The highest BCUT2D eigenvalue weighted by molar-refractivity contribution is 7.86. The average Bonchev–Trinajstić information content (AvgIpc) is 3.36. The maximum Gasteiger partial charge on any atom is 0.303 e. The third kappa shape index (κ3) is 8.96. The van der Waals surface area contributed by atoms with Crippen molar-refractivity contribution in [1.29, 1.82) is 0 Å². The van der Waals surface area contributed by atoms with E-state index < -0.39 is 27.0 Å². The molecule has 2 aromatic heterocycles. The number of pyridine rings is 1. The number of carbonyl (C=O) groups is 2. The van der Waals surface area contributed by atoms with Crippen molar-refractivity contribution in [3.63, 3.8) is 0 Å². The summed E-state index contributed by atoms with van der Waals surface area (Å²) in [6.07, 6.45) is 9.42. The van der Waals surface area contributed by atoms with Gasteiger partial charge in [-0.15, -0.1) is 0 Å². The lowest BCUT2D eigenvalue weighted by Crippen LogP contribution is -2.32. The summed E-state index contributed by atoms with van der Waals surface area (Å²) in [6.45, 7) is 0.927. The molecule has 0 radical (unpaired) electrons. The molecule has 0 bridgehead atoms. The molecule has 0 unspecified atom stereocenters. The van der Waals surface area contributed by atoms with Gasteiger partial charge in [0.2, 0.25) is 5.89 Å². The Labute approximate surface area is 220 Å². The number of nitrogens with zero attached hydrogens (tertiary/aromatic N) is 2. The first-order chi connectivity index (χ1) is 18.1. The van der Waals surface area contributed by atoms with Crippen LogP contribution in [0.25, 0.3) is 22.8 Å². The van der Waals surface area contributed by atoms with E-state index in [0.717, 1.165) is 24.9 Å². The first-order valence-corrected chi connectivity index (χ1v) is 13.7. The second kappa shape index (κ2) is 13.7. The quantitative estimate of drug-likeness (QED) is 0.134. The number of hydrogen-bond donors (Lipinski definition) is 3. The van der Waals surface area contributed by atoms with Gasteiger partial charge in [-0.1, -0.05) is 0 Å². The number of carboxylic acid groups (broad SMARTS) is 2. The summed E-state index contributed by atoms with van der Waals surface area (Å²) in [6, 6.07) is 7.96. The number of ether oxygens (including phenoxy) is 1. The number of aromatic nitrogens is 2. The van der Waals surface area contributed by atoms with Crippen LogP contribution >= 0.6 is 0 Å². The van der Waals surface area contributed by atoms with Gasteiger partial charge in [0.1, 0.15) is 17.2 Å². The van der Waals surface area contributed by atoms with Crippen LogP contribution in [0.4, 0.5) is 0 Å². The molecule has 11 nitrogen and oxygen atoms in total. The highest BCUT2D eigenvalue weighted by atomic mass is 32.2. The van der Waals surface area contributed by atoms with Gasteiger partial charge in [0.15, 0.2) is 18.2 Å². The largest absolute Gasteiger partial charge is 0.492 e. The lowest BCUT2D eigenvalue weighted by molar-refractivity contribution is -0.697. The minimum absolute atomic E-state index is 0.00945. The molecule has 0 aliphatic heterocycles. The molecule has 38 heavy (non-hydrogen) atoms. The van der Waals surface area contributed by atoms with E-state index in [9.17, 15) is 22.6 Å². The predicted molar refractivity (Wildman–Crippen MR) is 135 cm³/mol. The number of oxazole rings is 1. The fourth-order valence-corrected chi connectivity index (χ4v) is 4.41. The van der Waals surface area contributed by atoms with Gasteiger partial charge >= 0.3 is 11.9 Å². The Morgan fingerprint density at radius 2 is 1.55 bits per heavy atom. The molecule has 0 saturated heterocycles. The van der Waals surface area contributed by atoms with E-state index in [2.05, 4.69) is 4.98 Å². The minimum Gasteiger partial charge on any atom is -0.492 e. The standard InChI is InChI=1S/C26H30N2O9S/c29-24(30)7-3-1-5-13-28-14-11-19(12-15-28)26-27-18-22(37-26)20-9-10-21(23(17-20)38(33,34)35)36-16-6-2-4-8-25(31)32/h9-12,14-15,17-18H,1-8,13,16H2,(H2-,29,30,31,32,33,34,35)/p+1. The Bertz CT molecular complexity index is 1340. The van der Waals surface area contributed by atoms with E-state index in [1.54, 1.807) is 6.07 Å². The topological polar surface area (TPSA) is 168 Å². The number of aryl methyl sites for hydroxylation is 1. The van der Waals surface area contributed by atoms with Crippen LogP contribution in [0, 0.1) is 0 Å². The summed E-state index contributed by atoms with van der Waals surface area (Å²) >= 11 is 0. The molecule has 3 rings (SSSR count). The van der Waals surface area contributed by atoms with Gasteiger partial charge in [-0.25, -0.2) is 9.55 Å². The second-order valence-electron chi connectivity index (χ2n) is 8.75. The van der Waals surface area contributed by atoms with Crippen molar-refractivity contribution in [3.05, 3.63) is 48.9 Å². The average molecular weight is 548 g/mol. The number of benzene rings is 1. The zero-order valence-electron chi connectivity index (χ0n) is 20.8. The van der Waals surface area contributed by atoms with Crippen LogP contribution in [-0.2, 0) is 26.3 Å². The Morgan fingerprint density at radius 1 is 0.895 bits per heavy atom. The highest BCUT2D eigenvalue weighted by Crippen LogP contribution is 2.32. The molecule has 0 saturated carbocycles. The number of rotatable bonds is 16. The van der Waals surface area contributed by atoms with Gasteiger partial charge in [0, 0.05) is 42.5 Å². The lowest BCUT2D eigenvalue weighted by atomic mass is 10.2. The molecule has 0 aliphatic rings. The molecule has 2 heterocycles. The van der Waals surface area contributed by atoms with Gasteiger partial charge in [-0.05, 0) is 50.3 Å². The van der Waals surface area contributed by atoms with Crippen LogP contribution < -0.4 is 9.30 Å². The van der Waals surface area contributed by atoms with Gasteiger partial charge < -0.3 is 19.4 Å². The predicted octanol–water partition coefficient (Wildman–Crippen LogP) is 4.21. The molecule has 3 aromatic rings. The molecule has 204 valence electrons. The van der Waals surface area contributed by atoms with Gasteiger partial charge in [-0.3, -0.25) is 14.1 Å². The van der Waals surface area contributed by atoms with E-state index in [-0.39, 0.29) is 25.2 Å². The smallest absolute Gasteiger partial charge is 0.303 e. The normalized spacial score (nSPS) is 11.4. The summed E-state index contributed by atoms with van der Waals surface area (Å²) in [5.74, 6) is -1.02. The van der Waals surface area contributed by atoms with Crippen molar-refractivity contribution in [1.82, 2.24) is 4.98 Å². The van der Waals surface area contributed by atoms with Crippen molar-refractivity contribution in [2.45, 2.75) is 62.8 Å². The molecule has 0 aliphatic carbocycles. The van der Waals surface area contributed by atoms with E-state index in [1.807, 2.05) is 29.1 Å². The molecule has 0 fully saturated rings. The maximum absolute atomic E-state index is 12.0. The molecule has 12 heteroatoms. The second-order valence-corrected chi connectivity index (χ2v) is 10.1. The molecule has 3 N–H and O–H groups in total. The van der Waals surface area contributed by atoms with Crippen molar-refractivity contribution in [3.8, 4) is 28.5 Å². The van der Waals surface area contributed by atoms with Crippen LogP contribution in [0.3, 0.4) is 0 Å². The Hall–Kier alpha value is -3.77. The van der Waals surface area contributed by atoms with E-state index in [4.69, 9.17) is 19.4 Å². The SMILES string of the molecule is O=C(O)CCCCCOc1ccc(-c2cnc(-c3cc[n+](CCCCCC(=O)O)cc3)o2)cc1S(=O)(=O)O. The Kier molecular flexibility index (Phi) is 10.4. The Balaban J connectivity index is 1.64. The van der Waals surface area contributed by atoms with Gasteiger partial charge in [-0.2, -0.15) is 8.42 Å². The molecular formula is C26H31N2O9S+. The van der Waals surface area contributed by atoms with Crippen LogP contribution in [0.15, 0.2) is 58.2 Å². The lowest BCUT2D eigenvalue weighted by Gasteiger charge is -2.11. The van der Waals surface area contributed by atoms with Gasteiger partial charge in [0.25, 0.3) is 10.1 Å². The van der Waals surface area contributed by atoms with Crippen LogP contribution in [-0.4, -0.2) is 46.7 Å². The first kappa shape index (κ1) is 28.8. The molecule has 0 atom stereocenters. The van der Waals surface area contributed by atoms with E-state index in [0.29, 0.717) is 42.9 Å². The minimum atomic E-state index is -4.59.